The number of para-hydroxylation sites is 3. The Morgan fingerprint density at radius 1 is 0.488 bits per heavy atom. The number of fused-ring (bicyclic) bond motifs is 4. The molecule has 0 atom stereocenters. The zero-order valence-corrected chi connectivity index (χ0v) is 22.1. The minimum atomic E-state index is 0.625. The Morgan fingerprint density at radius 3 is 2.00 bits per heavy atom. The molecule has 0 unspecified atom stereocenters. The van der Waals surface area contributed by atoms with Gasteiger partial charge in [0.1, 0.15) is 16.7 Å². The predicted octanol–water partition coefficient (Wildman–Crippen LogP) is 10.5. The molecule has 0 aliphatic heterocycles. The van der Waals surface area contributed by atoms with E-state index in [0.29, 0.717) is 5.89 Å². The molecule has 0 aliphatic rings. The van der Waals surface area contributed by atoms with E-state index < -0.39 is 0 Å². The molecule has 2 aromatic heterocycles. The first-order valence-corrected chi connectivity index (χ1v) is 13.6. The molecule has 4 nitrogen and oxygen atoms in total. The summed E-state index contributed by atoms with van der Waals surface area (Å²) >= 11 is 0. The lowest BCUT2D eigenvalue weighted by Gasteiger charge is -2.26. The molecule has 194 valence electrons. The first kappa shape index (κ1) is 23.3. The maximum atomic E-state index is 6.30. The predicted molar refractivity (Wildman–Crippen MR) is 167 cm³/mol. The molecule has 6 aromatic carbocycles. The smallest absolute Gasteiger partial charge is 0.227 e. The van der Waals surface area contributed by atoms with Crippen LogP contribution < -0.4 is 4.90 Å². The highest BCUT2D eigenvalue weighted by atomic mass is 16.3. The number of benzene rings is 6. The quantitative estimate of drug-likeness (QED) is 0.223. The molecule has 4 heteroatoms. The average Bonchev–Trinajstić information content (AvgIpc) is 3.65. The highest BCUT2D eigenvalue weighted by Crippen LogP contribution is 2.43. The van der Waals surface area contributed by atoms with Crippen molar-refractivity contribution >= 4 is 50.1 Å². The van der Waals surface area contributed by atoms with Crippen molar-refractivity contribution in [1.29, 1.82) is 0 Å². The van der Waals surface area contributed by atoms with Gasteiger partial charge in [0.25, 0.3) is 0 Å². The summed E-state index contributed by atoms with van der Waals surface area (Å²) in [6.07, 6.45) is 0. The van der Waals surface area contributed by atoms with Gasteiger partial charge in [-0.3, -0.25) is 0 Å². The van der Waals surface area contributed by atoms with Crippen molar-refractivity contribution in [1.82, 2.24) is 4.98 Å². The van der Waals surface area contributed by atoms with Gasteiger partial charge in [0, 0.05) is 27.9 Å². The van der Waals surface area contributed by atoms with E-state index in [0.717, 1.165) is 66.8 Å². The van der Waals surface area contributed by atoms with Gasteiger partial charge < -0.3 is 13.7 Å². The van der Waals surface area contributed by atoms with Gasteiger partial charge >= 0.3 is 0 Å². The standard InChI is InChI=1S/C37H24N2O2/c1-3-11-26(12-4-1)37-38-31-17-9-16-29(36(31)41-37)25-21-23-28(24-22-25)39(27-13-5-2-6-14-27)32-18-10-20-34-35(32)30-15-7-8-19-33(30)40-34/h1-24H. The van der Waals surface area contributed by atoms with E-state index in [-0.39, 0.29) is 0 Å². The van der Waals surface area contributed by atoms with Crippen LogP contribution in [0.2, 0.25) is 0 Å². The Kier molecular flexibility index (Phi) is 5.42. The number of oxazole rings is 1. The normalized spacial score (nSPS) is 11.4. The Balaban J connectivity index is 1.26. The molecule has 8 aromatic rings. The highest BCUT2D eigenvalue weighted by Gasteiger charge is 2.19. The van der Waals surface area contributed by atoms with E-state index in [9.17, 15) is 0 Å². The van der Waals surface area contributed by atoms with Crippen LogP contribution >= 0.6 is 0 Å². The summed E-state index contributed by atoms with van der Waals surface area (Å²) in [5, 5.41) is 2.19. The van der Waals surface area contributed by atoms with Crippen LogP contribution in [-0.4, -0.2) is 4.98 Å². The van der Waals surface area contributed by atoms with Gasteiger partial charge in [0.05, 0.1) is 11.1 Å². The second kappa shape index (κ2) is 9.54. The topological polar surface area (TPSA) is 42.4 Å². The van der Waals surface area contributed by atoms with Gasteiger partial charge in [-0.1, -0.05) is 84.9 Å². The summed E-state index contributed by atoms with van der Waals surface area (Å²) in [5.41, 5.74) is 9.60. The maximum Gasteiger partial charge on any atom is 0.227 e. The van der Waals surface area contributed by atoms with E-state index in [1.54, 1.807) is 0 Å². The summed E-state index contributed by atoms with van der Waals surface area (Å²) in [6.45, 7) is 0. The van der Waals surface area contributed by atoms with E-state index in [1.807, 2.05) is 66.7 Å². The van der Waals surface area contributed by atoms with Crippen molar-refractivity contribution in [2.75, 3.05) is 4.90 Å². The first-order valence-electron chi connectivity index (χ1n) is 13.6. The van der Waals surface area contributed by atoms with Crippen molar-refractivity contribution in [3.8, 4) is 22.6 Å². The van der Waals surface area contributed by atoms with Crippen LogP contribution in [0.1, 0.15) is 0 Å². The maximum absolute atomic E-state index is 6.30. The van der Waals surface area contributed by atoms with Crippen LogP contribution in [0.3, 0.4) is 0 Å². The molecule has 0 saturated carbocycles. The average molecular weight is 529 g/mol. The van der Waals surface area contributed by atoms with Gasteiger partial charge in [-0.15, -0.1) is 0 Å². The van der Waals surface area contributed by atoms with Gasteiger partial charge in [0.15, 0.2) is 5.58 Å². The molecule has 0 amide bonds. The van der Waals surface area contributed by atoms with Crippen molar-refractivity contribution < 1.29 is 8.83 Å². The first-order chi connectivity index (χ1) is 20.3. The van der Waals surface area contributed by atoms with E-state index in [1.165, 1.54) is 0 Å². The molecule has 2 heterocycles. The number of furan rings is 1. The van der Waals surface area contributed by atoms with Gasteiger partial charge in [-0.2, -0.15) is 0 Å². The molecule has 0 spiro atoms. The Labute approximate surface area is 236 Å². The summed E-state index contributed by atoms with van der Waals surface area (Å²) < 4.78 is 12.5. The highest BCUT2D eigenvalue weighted by molar-refractivity contribution is 6.13. The SMILES string of the molecule is c1ccc(-c2nc3cccc(-c4ccc(N(c5ccccc5)c5cccc6oc7ccccc7c56)cc4)c3o2)cc1. The van der Waals surface area contributed by atoms with Crippen LogP contribution in [0.5, 0.6) is 0 Å². The minimum absolute atomic E-state index is 0.625. The van der Waals surface area contributed by atoms with Crippen LogP contribution in [0, 0.1) is 0 Å². The third-order valence-electron chi connectivity index (χ3n) is 7.51. The van der Waals surface area contributed by atoms with Crippen molar-refractivity contribution in [2.45, 2.75) is 0 Å². The van der Waals surface area contributed by atoms with Gasteiger partial charge in [-0.25, -0.2) is 4.98 Å². The summed E-state index contributed by atoms with van der Waals surface area (Å²) in [5.74, 6) is 0.625. The number of rotatable bonds is 5. The number of nitrogens with zero attached hydrogens (tertiary/aromatic N) is 2. The summed E-state index contributed by atoms with van der Waals surface area (Å²) in [7, 11) is 0. The molecule has 0 aliphatic carbocycles. The fraction of sp³-hybridized carbons (Fsp3) is 0. The largest absolute Gasteiger partial charge is 0.456 e. The third kappa shape index (κ3) is 3.97. The Bertz CT molecular complexity index is 2140. The molecule has 0 radical (unpaired) electrons. The third-order valence-corrected chi connectivity index (χ3v) is 7.51. The fourth-order valence-electron chi connectivity index (χ4n) is 5.62. The minimum Gasteiger partial charge on any atom is -0.456 e. The molecule has 8 rings (SSSR count). The fourth-order valence-corrected chi connectivity index (χ4v) is 5.62. The Hall–Kier alpha value is -5.61. The molecule has 41 heavy (non-hydrogen) atoms. The monoisotopic (exact) mass is 528 g/mol. The molecule has 0 N–H and O–H groups in total. The zero-order valence-electron chi connectivity index (χ0n) is 22.1. The number of hydrogen-bond donors (Lipinski definition) is 0. The van der Waals surface area contributed by atoms with Crippen LogP contribution in [0.15, 0.2) is 154 Å². The lowest BCUT2D eigenvalue weighted by atomic mass is 10.0. The molecule has 0 bridgehead atoms. The van der Waals surface area contributed by atoms with Crippen LogP contribution in [0.4, 0.5) is 17.1 Å². The molecular formula is C37H24N2O2. The number of anilines is 3. The van der Waals surface area contributed by atoms with E-state index in [4.69, 9.17) is 13.8 Å². The van der Waals surface area contributed by atoms with E-state index in [2.05, 4.69) is 83.8 Å². The molecule has 0 fully saturated rings. The number of hydrogen-bond acceptors (Lipinski definition) is 4. The lowest BCUT2D eigenvalue weighted by molar-refractivity contribution is 0.621. The molecule has 0 saturated heterocycles. The Morgan fingerprint density at radius 2 is 1.17 bits per heavy atom. The zero-order chi connectivity index (χ0) is 27.2. The van der Waals surface area contributed by atoms with Crippen LogP contribution in [0.25, 0.3) is 55.6 Å². The summed E-state index contributed by atoms with van der Waals surface area (Å²) in [4.78, 5) is 7.05. The number of aromatic nitrogens is 1. The van der Waals surface area contributed by atoms with Crippen molar-refractivity contribution in [3.05, 3.63) is 146 Å². The summed E-state index contributed by atoms with van der Waals surface area (Å²) in [6, 6.07) is 49.7. The second-order valence-corrected chi connectivity index (χ2v) is 10.0. The second-order valence-electron chi connectivity index (χ2n) is 10.0. The lowest BCUT2D eigenvalue weighted by Crippen LogP contribution is -2.10. The molecular weight excluding hydrogens is 504 g/mol. The van der Waals surface area contributed by atoms with Crippen LogP contribution in [-0.2, 0) is 0 Å². The van der Waals surface area contributed by atoms with Crippen molar-refractivity contribution in [2.24, 2.45) is 0 Å². The van der Waals surface area contributed by atoms with Gasteiger partial charge in [0.2, 0.25) is 5.89 Å². The van der Waals surface area contributed by atoms with Crippen molar-refractivity contribution in [3.63, 3.8) is 0 Å². The van der Waals surface area contributed by atoms with E-state index >= 15 is 0 Å². The van der Waals surface area contributed by atoms with Gasteiger partial charge in [-0.05, 0) is 66.2 Å².